The topological polar surface area (TPSA) is 48.9 Å². The smallest absolute Gasteiger partial charge is 0.191 e. The quantitative estimate of drug-likeness (QED) is 0.310. The third-order valence-electron chi connectivity index (χ3n) is 4.01. The maximum absolute atomic E-state index is 5.82. The largest absolute Gasteiger partial charge is 0.377 e. The average molecular weight is 476 g/mol. The monoisotopic (exact) mass is 476 g/mol. The summed E-state index contributed by atoms with van der Waals surface area (Å²) >= 11 is 0. The van der Waals surface area contributed by atoms with Gasteiger partial charge >= 0.3 is 0 Å². The Morgan fingerprint density at radius 1 is 1.15 bits per heavy atom. The number of aliphatic imine (C=N–C) groups is 1. The fraction of sp³-hybridized carbons (Fsp3) is 0.650. The first kappa shape index (κ1) is 25.1. The van der Waals surface area contributed by atoms with Gasteiger partial charge < -0.3 is 20.3 Å². The molecule has 0 heterocycles. The molecule has 0 saturated heterocycles. The number of nitrogens with zero attached hydrogens (tertiary/aromatic N) is 2. The fourth-order valence-electron chi connectivity index (χ4n) is 2.85. The molecule has 0 aliphatic carbocycles. The minimum Gasteiger partial charge on any atom is -0.377 e. The highest BCUT2D eigenvalue weighted by Crippen LogP contribution is 2.09. The number of benzene rings is 1. The van der Waals surface area contributed by atoms with Crippen molar-refractivity contribution in [3.8, 4) is 0 Å². The summed E-state index contributed by atoms with van der Waals surface area (Å²) in [6.07, 6.45) is 2.19. The van der Waals surface area contributed by atoms with Crippen LogP contribution in [-0.2, 0) is 11.2 Å². The number of halogens is 1. The van der Waals surface area contributed by atoms with Crippen LogP contribution >= 0.6 is 24.0 Å². The predicted octanol–water partition coefficient (Wildman–Crippen LogP) is 2.99. The van der Waals surface area contributed by atoms with Crippen molar-refractivity contribution < 1.29 is 4.74 Å². The third-order valence-corrected chi connectivity index (χ3v) is 4.01. The molecule has 0 amide bonds. The van der Waals surface area contributed by atoms with Crippen LogP contribution in [0.2, 0.25) is 0 Å². The molecule has 0 radical (unpaired) electrons. The molecule has 5 nitrogen and oxygen atoms in total. The van der Waals surface area contributed by atoms with E-state index in [-0.39, 0.29) is 30.1 Å². The minimum absolute atomic E-state index is 0. The molecule has 26 heavy (non-hydrogen) atoms. The van der Waals surface area contributed by atoms with E-state index in [0.29, 0.717) is 0 Å². The van der Waals surface area contributed by atoms with Gasteiger partial charge in [0.25, 0.3) is 0 Å². The Morgan fingerprint density at radius 2 is 1.81 bits per heavy atom. The molecule has 0 fully saturated rings. The number of aryl methyl sites for hydroxylation is 2. The first-order valence-electron chi connectivity index (χ1n) is 9.22. The summed E-state index contributed by atoms with van der Waals surface area (Å²) in [5, 5.41) is 6.77. The van der Waals surface area contributed by atoms with Gasteiger partial charge in [0.15, 0.2) is 5.96 Å². The maximum atomic E-state index is 5.82. The summed E-state index contributed by atoms with van der Waals surface area (Å²) in [6, 6.07) is 6.70. The molecule has 1 rings (SSSR count). The minimum atomic E-state index is 0. The van der Waals surface area contributed by atoms with Crippen LogP contribution in [0.1, 0.15) is 30.0 Å². The van der Waals surface area contributed by atoms with Crippen LogP contribution in [0.25, 0.3) is 0 Å². The SMILES string of the molecule is CCOC(CCN(C)C)CNC(=NC)NCCc1cc(C)cc(C)c1.I. The molecule has 0 aliphatic heterocycles. The second-order valence-electron chi connectivity index (χ2n) is 6.80. The van der Waals surface area contributed by atoms with Gasteiger partial charge in [-0.05, 0) is 53.3 Å². The molecule has 0 aliphatic rings. The van der Waals surface area contributed by atoms with Gasteiger partial charge in [0.1, 0.15) is 0 Å². The normalized spacial score (nSPS) is 12.7. The van der Waals surface area contributed by atoms with E-state index in [4.69, 9.17) is 4.74 Å². The molecule has 1 aromatic carbocycles. The van der Waals surface area contributed by atoms with Gasteiger partial charge in [-0.2, -0.15) is 0 Å². The second kappa shape index (κ2) is 14.2. The van der Waals surface area contributed by atoms with Gasteiger partial charge in [0, 0.05) is 33.3 Å². The van der Waals surface area contributed by atoms with E-state index in [1.165, 1.54) is 16.7 Å². The van der Waals surface area contributed by atoms with Crippen LogP contribution in [-0.4, -0.2) is 64.3 Å². The molecule has 2 N–H and O–H groups in total. The molecule has 150 valence electrons. The Morgan fingerprint density at radius 3 is 2.35 bits per heavy atom. The Balaban J connectivity index is 0.00000625. The number of hydrogen-bond donors (Lipinski definition) is 2. The Hall–Kier alpha value is -0.860. The zero-order valence-corrected chi connectivity index (χ0v) is 19.6. The van der Waals surface area contributed by atoms with Crippen molar-refractivity contribution in [2.45, 2.75) is 39.7 Å². The maximum Gasteiger partial charge on any atom is 0.191 e. The van der Waals surface area contributed by atoms with Crippen LogP contribution in [0.15, 0.2) is 23.2 Å². The van der Waals surface area contributed by atoms with Crippen LogP contribution in [0.4, 0.5) is 0 Å². The highest BCUT2D eigenvalue weighted by molar-refractivity contribution is 14.0. The zero-order valence-electron chi connectivity index (χ0n) is 17.3. The summed E-state index contributed by atoms with van der Waals surface area (Å²) in [7, 11) is 5.98. The van der Waals surface area contributed by atoms with Gasteiger partial charge in [-0.25, -0.2) is 0 Å². The van der Waals surface area contributed by atoms with Gasteiger partial charge in [-0.15, -0.1) is 24.0 Å². The van der Waals surface area contributed by atoms with E-state index >= 15 is 0 Å². The summed E-state index contributed by atoms with van der Waals surface area (Å²) < 4.78 is 5.82. The van der Waals surface area contributed by atoms with Gasteiger partial charge in [0.05, 0.1) is 6.10 Å². The van der Waals surface area contributed by atoms with E-state index in [9.17, 15) is 0 Å². The molecule has 0 spiro atoms. The van der Waals surface area contributed by atoms with Crippen LogP contribution in [0.5, 0.6) is 0 Å². The van der Waals surface area contributed by atoms with E-state index in [1.807, 2.05) is 14.0 Å². The van der Waals surface area contributed by atoms with Crippen molar-refractivity contribution in [2.24, 2.45) is 4.99 Å². The Kier molecular flexibility index (Phi) is 13.8. The first-order chi connectivity index (χ1) is 11.9. The third kappa shape index (κ3) is 11.0. The Labute approximate surface area is 177 Å². The number of nitrogens with one attached hydrogen (secondary N) is 2. The molecule has 0 saturated carbocycles. The number of guanidine groups is 1. The van der Waals surface area contributed by atoms with Crippen LogP contribution < -0.4 is 10.6 Å². The molecule has 1 aromatic rings. The molecule has 0 bridgehead atoms. The van der Waals surface area contributed by atoms with Crippen molar-refractivity contribution in [1.29, 1.82) is 0 Å². The highest BCUT2D eigenvalue weighted by Gasteiger charge is 2.10. The number of rotatable bonds is 10. The van der Waals surface area contributed by atoms with Crippen molar-refractivity contribution in [1.82, 2.24) is 15.5 Å². The van der Waals surface area contributed by atoms with E-state index in [1.54, 1.807) is 0 Å². The van der Waals surface area contributed by atoms with Crippen LogP contribution in [0.3, 0.4) is 0 Å². The standard InChI is InChI=1S/C20H36N4O.HI/c1-7-25-19(9-11-24(5)6)15-23-20(21-4)22-10-8-18-13-16(2)12-17(3)14-18;/h12-14,19H,7-11,15H2,1-6H3,(H2,21,22,23);1H. The fourth-order valence-corrected chi connectivity index (χ4v) is 2.85. The van der Waals surface area contributed by atoms with E-state index in [0.717, 1.165) is 45.0 Å². The van der Waals surface area contributed by atoms with Gasteiger partial charge in [-0.3, -0.25) is 4.99 Å². The lowest BCUT2D eigenvalue weighted by Crippen LogP contribution is -2.43. The lowest BCUT2D eigenvalue weighted by Gasteiger charge is -2.21. The van der Waals surface area contributed by atoms with Gasteiger partial charge in [0.2, 0.25) is 0 Å². The number of ether oxygens (including phenoxy) is 1. The first-order valence-corrected chi connectivity index (χ1v) is 9.22. The van der Waals surface area contributed by atoms with Crippen molar-refractivity contribution in [3.63, 3.8) is 0 Å². The second-order valence-corrected chi connectivity index (χ2v) is 6.80. The van der Waals surface area contributed by atoms with Crippen molar-refractivity contribution in [3.05, 3.63) is 34.9 Å². The van der Waals surface area contributed by atoms with Crippen molar-refractivity contribution >= 4 is 29.9 Å². The zero-order chi connectivity index (χ0) is 18.7. The molecule has 1 atom stereocenters. The summed E-state index contributed by atoms with van der Waals surface area (Å²) in [4.78, 5) is 6.49. The number of hydrogen-bond acceptors (Lipinski definition) is 3. The van der Waals surface area contributed by atoms with E-state index < -0.39 is 0 Å². The molecular formula is C20H37IN4O. The predicted molar refractivity (Wildman–Crippen MR) is 123 cm³/mol. The molecular weight excluding hydrogens is 439 g/mol. The summed E-state index contributed by atoms with van der Waals surface area (Å²) in [5.74, 6) is 0.832. The van der Waals surface area contributed by atoms with Crippen molar-refractivity contribution in [2.75, 3.05) is 47.4 Å². The van der Waals surface area contributed by atoms with Gasteiger partial charge in [-0.1, -0.05) is 29.3 Å². The molecule has 1 unspecified atom stereocenters. The molecule has 0 aromatic heterocycles. The Bertz CT molecular complexity index is 514. The molecule has 6 heteroatoms. The lowest BCUT2D eigenvalue weighted by molar-refractivity contribution is 0.0548. The summed E-state index contributed by atoms with van der Waals surface area (Å²) in [6.45, 7) is 9.71. The average Bonchev–Trinajstić information content (AvgIpc) is 2.54. The van der Waals surface area contributed by atoms with E-state index in [2.05, 4.69) is 66.7 Å². The summed E-state index contributed by atoms with van der Waals surface area (Å²) in [5.41, 5.74) is 3.99. The lowest BCUT2D eigenvalue weighted by atomic mass is 10.1. The highest BCUT2D eigenvalue weighted by atomic mass is 127. The van der Waals surface area contributed by atoms with Crippen LogP contribution in [0, 0.1) is 13.8 Å².